The van der Waals surface area contributed by atoms with E-state index in [4.69, 9.17) is 0 Å². The number of hydrogen-bond acceptors (Lipinski definition) is 3. The van der Waals surface area contributed by atoms with Crippen molar-refractivity contribution in [3.8, 4) is 0 Å². The summed E-state index contributed by atoms with van der Waals surface area (Å²) in [6, 6.07) is 9.57. The van der Waals surface area contributed by atoms with E-state index in [0.29, 0.717) is 6.04 Å². The molecule has 2 fully saturated rings. The number of rotatable bonds is 7. The molecule has 0 aliphatic carbocycles. The number of likely N-dealkylation sites (tertiary alicyclic amines) is 2. The molecular formula is C22H37N5. The van der Waals surface area contributed by atoms with Gasteiger partial charge in [0.1, 0.15) is 0 Å². The second kappa shape index (κ2) is 10.7. The fourth-order valence-electron chi connectivity index (χ4n) is 4.15. The van der Waals surface area contributed by atoms with E-state index in [9.17, 15) is 0 Å². The van der Waals surface area contributed by atoms with E-state index in [0.717, 1.165) is 19.0 Å². The zero-order valence-corrected chi connectivity index (χ0v) is 17.2. The van der Waals surface area contributed by atoms with Crippen LogP contribution in [0.2, 0.25) is 0 Å². The minimum atomic E-state index is 0.534. The van der Waals surface area contributed by atoms with Crippen LogP contribution in [0.15, 0.2) is 29.3 Å². The molecule has 0 aromatic heterocycles. The third-order valence-electron chi connectivity index (χ3n) is 5.78. The van der Waals surface area contributed by atoms with Crippen LogP contribution in [0, 0.1) is 0 Å². The number of aliphatic imine (C=N–C) groups is 1. The van der Waals surface area contributed by atoms with Crippen molar-refractivity contribution in [3.63, 3.8) is 0 Å². The van der Waals surface area contributed by atoms with Crippen molar-refractivity contribution in [1.82, 2.24) is 20.4 Å². The molecule has 2 heterocycles. The average molecular weight is 372 g/mol. The molecule has 2 N–H and O–H groups in total. The molecule has 27 heavy (non-hydrogen) atoms. The molecule has 2 aliphatic heterocycles. The fourth-order valence-corrected chi connectivity index (χ4v) is 4.15. The second-order valence-electron chi connectivity index (χ2n) is 7.99. The molecular weight excluding hydrogens is 334 g/mol. The first-order chi connectivity index (χ1) is 13.3. The summed E-state index contributed by atoms with van der Waals surface area (Å²) in [5.74, 6) is 0.921. The molecule has 0 saturated carbocycles. The van der Waals surface area contributed by atoms with Gasteiger partial charge in [-0.25, -0.2) is 0 Å². The monoisotopic (exact) mass is 371 g/mol. The first-order valence-electron chi connectivity index (χ1n) is 10.8. The Bertz CT molecular complexity index is 569. The SMILES string of the molecule is CCCN1CCC(NC(=NC)NCc2ccc(CN3CCCC3)cc2)CC1. The maximum atomic E-state index is 4.41. The molecule has 0 amide bonds. The van der Waals surface area contributed by atoms with Crippen molar-refractivity contribution in [3.05, 3.63) is 35.4 Å². The van der Waals surface area contributed by atoms with Gasteiger partial charge < -0.3 is 15.5 Å². The van der Waals surface area contributed by atoms with Gasteiger partial charge in [-0.3, -0.25) is 9.89 Å². The minimum absolute atomic E-state index is 0.534. The lowest BCUT2D eigenvalue weighted by molar-refractivity contribution is 0.206. The third-order valence-corrected chi connectivity index (χ3v) is 5.78. The van der Waals surface area contributed by atoms with E-state index in [2.05, 4.69) is 56.6 Å². The van der Waals surface area contributed by atoms with Crippen molar-refractivity contribution < 1.29 is 0 Å². The number of nitrogens with zero attached hydrogens (tertiary/aromatic N) is 3. The molecule has 0 spiro atoms. The third kappa shape index (κ3) is 6.51. The minimum Gasteiger partial charge on any atom is -0.354 e. The summed E-state index contributed by atoms with van der Waals surface area (Å²) in [6.07, 6.45) is 6.35. The van der Waals surface area contributed by atoms with Crippen LogP contribution < -0.4 is 10.6 Å². The normalized spacial score (nSPS) is 20.1. The zero-order chi connectivity index (χ0) is 18.9. The fraction of sp³-hybridized carbons (Fsp3) is 0.682. The Labute approximate surface area is 165 Å². The smallest absolute Gasteiger partial charge is 0.191 e. The molecule has 5 nitrogen and oxygen atoms in total. The molecule has 1 aromatic rings. The van der Waals surface area contributed by atoms with Crippen molar-refractivity contribution in [2.24, 2.45) is 4.99 Å². The summed E-state index contributed by atoms with van der Waals surface area (Å²) in [4.78, 5) is 9.53. The van der Waals surface area contributed by atoms with Crippen LogP contribution in [0.1, 0.15) is 50.2 Å². The summed E-state index contributed by atoms with van der Waals surface area (Å²) in [6.45, 7) is 10.3. The van der Waals surface area contributed by atoms with Gasteiger partial charge in [-0.2, -0.15) is 0 Å². The zero-order valence-electron chi connectivity index (χ0n) is 17.2. The van der Waals surface area contributed by atoms with Gasteiger partial charge in [0.25, 0.3) is 0 Å². The molecule has 3 rings (SSSR count). The topological polar surface area (TPSA) is 42.9 Å². The van der Waals surface area contributed by atoms with Gasteiger partial charge in [-0.1, -0.05) is 31.2 Å². The Kier molecular flexibility index (Phi) is 7.96. The Balaban J connectivity index is 1.40. The lowest BCUT2D eigenvalue weighted by atomic mass is 10.1. The van der Waals surface area contributed by atoms with Crippen molar-refractivity contribution in [1.29, 1.82) is 0 Å². The first kappa shape index (κ1) is 20.2. The largest absolute Gasteiger partial charge is 0.354 e. The maximum Gasteiger partial charge on any atom is 0.191 e. The van der Waals surface area contributed by atoms with Crippen molar-refractivity contribution in [2.75, 3.05) is 39.8 Å². The van der Waals surface area contributed by atoms with Gasteiger partial charge in [0.15, 0.2) is 5.96 Å². The van der Waals surface area contributed by atoms with Crippen molar-refractivity contribution >= 4 is 5.96 Å². The predicted octanol–water partition coefficient (Wildman–Crippen LogP) is 2.82. The van der Waals surface area contributed by atoms with Gasteiger partial charge in [0.05, 0.1) is 0 Å². The number of benzene rings is 1. The molecule has 2 saturated heterocycles. The Hall–Kier alpha value is -1.59. The molecule has 1 aromatic carbocycles. The van der Waals surface area contributed by atoms with E-state index in [-0.39, 0.29) is 0 Å². The molecule has 0 atom stereocenters. The average Bonchev–Trinajstić information content (AvgIpc) is 3.21. The van der Waals surface area contributed by atoms with Gasteiger partial charge >= 0.3 is 0 Å². The summed E-state index contributed by atoms with van der Waals surface area (Å²) in [5, 5.41) is 7.08. The number of hydrogen-bond donors (Lipinski definition) is 2. The lowest BCUT2D eigenvalue weighted by Crippen LogP contribution is -2.48. The highest BCUT2D eigenvalue weighted by atomic mass is 15.2. The van der Waals surface area contributed by atoms with E-state index in [1.807, 2.05) is 7.05 Å². The van der Waals surface area contributed by atoms with Crippen LogP contribution in [-0.4, -0.2) is 61.6 Å². The lowest BCUT2D eigenvalue weighted by Gasteiger charge is -2.32. The number of piperidine rings is 1. The molecule has 0 radical (unpaired) electrons. The first-order valence-corrected chi connectivity index (χ1v) is 10.8. The molecule has 2 aliphatic rings. The van der Waals surface area contributed by atoms with E-state index >= 15 is 0 Å². The number of guanidine groups is 1. The highest BCUT2D eigenvalue weighted by molar-refractivity contribution is 5.79. The summed E-state index contributed by atoms with van der Waals surface area (Å²) >= 11 is 0. The van der Waals surface area contributed by atoms with E-state index in [1.165, 1.54) is 76.0 Å². The second-order valence-corrected chi connectivity index (χ2v) is 7.99. The molecule has 0 unspecified atom stereocenters. The van der Waals surface area contributed by atoms with E-state index in [1.54, 1.807) is 0 Å². The van der Waals surface area contributed by atoms with Crippen molar-refractivity contribution in [2.45, 2.75) is 58.2 Å². The molecule has 0 bridgehead atoms. The number of nitrogens with one attached hydrogen (secondary N) is 2. The van der Waals surface area contributed by atoms with Gasteiger partial charge in [0.2, 0.25) is 0 Å². The summed E-state index contributed by atoms with van der Waals surface area (Å²) in [5.41, 5.74) is 2.72. The Morgan fingerprint density at radius 2 is 1.67 bits per heavy atom. The molecule has 5 heteroatoms. The van der Waals surface area contributed by atoms with Crippen LogP contribution in [0.5, 0.6) is 0 Å². The molecule has 150 valence electrons. The summed E-state index contributed by atoms with van der Waals surface area (Å²) in [7, 11) is 1.86. The standard InChI is InChI=1S/C22H37N5/c1-3-12-26-15-10-21(11-16-26)25-22(23-2)24-17-19-6-8-20(9-7-19)18-27-13-4-5-14-27/h6-9,21H,3-5,10-18H2,1-2H3,(H2,23,24,25). The van der Waals surface area contributed by atoms with Crippen LogP contribution in [-0.2, 0) is 13.1 Å². The highest BCUT2D eigenvalue weighted by Crippen LogP contribution is 2.13. The van der Waals surface area contributed by atoms with Crippen LogP contribution in [0.3, 0.4) is 0 Å². The predicted molar refractivity (Wildman–Crippen MR) is 114 cm³/mol. The Morgan fingerprint density at radius 1 is 1.00 bits per heavy atom. The Morgan fingerprint density at radius 3 is 2.30 bits per heavy atom. The van der Waals surface area contributed by atoms with E-state index < -0.39 is 0 Å². The quantitative estimate of drug-likeness (QED) is 0.571. The maximum absolute atomic E-state index is 4.41. The van der Waals surface area contributed by atoms with Crippen LogP contribution >= 0.6 is 0 Å². The van der Waals surface area contributed by atoms with Crippen LogP contribution in [0.25, 0.3) is 0 Å². The highest BCUT2D eigenvalue weighted by Gasteiger charge is 2.19. The van der Waals surface area contributed by atoms with Crippen LogP contribution in [0.4, 0.5) is 0 Å². The summed E-state index contributed by atoms with van der Waals surface area (Å²) < 4.78 is 0. The van der Waals surface area contributed by atoms with Gasteiger partial charge in [-0.15, -0.1) is 0 Å². The van der Waals surface area contributed by atoms with Gasteiger partial charge in [0, 0.05) is 39.3 Å². The van der Waals surface area contributed by atoms with Gasteiger partial charge in [-0.05, 0) is 62.9 Å².